The molecule has 0 bridgehead atoms. The SMILES string of the molecule is CC(OC(=O)C1CCN(C(=O)/C=C/c2ccccc2)CC1)C(=O)NCc1ccccc1. The van der Waals surface area contributed by atoms with Crippen molar-refractivity contribution >= 4 is 23.9 Å². The third-order valence-corrected chi connectivity index (χ3v) is 5.33. The number of piperidine rings is 1. The summed E-state index contributed by atoms with van der Waals surface area (Å²) in [4.78, 5) is 38.8. The zero-order chi connectivity index (χ0) is 22.1. The molecule has 1 unspecified atom stereocenters. The Morgan fingerprint density at radius 2 is 1.65 bits per heavy atom. The monoisotopic (exact) mass is 420 g/mol. The topological polar surface area (TPSA) is 75.7 Å². The average Bonchev–Trinajstić information content (AvgIpc) is 2.82. The van der Waals surface area contributed by atoms with Gasteiger partial charge in [-0.05, 0) is 37.0 Å². The quantitative estimate of drug-likeness (QED) is 0.551. The molecule has 0 saturated carbocycles. The third kappa shape index (κ3) is 6.81. The van der Waals surface area contributed by atoms with Crippen LogP contribution in [0, 0.1) is 5.92 Å². The maximum Gasteiger partial charge on any atom is 0.309 e. The van der Waals surface area contributed by atoms with Crippen LogP contribution >= 0.6 is 0 Å². The van der Waals surface area contributed by atoms with Gasteiger partial charge >= 0.3 is 5.97 Å². The zero-order valence-electron chi connectivity index (χ0n) is 17.7. The van der Waals surface area contributed by atoms with Gasteiger partial charge in [0.2, 0.25) is 5.91 Å². The molecule has 2 amide bonds. The molecule has 3 rings (SSSR count). The normalized spacial score (nSPS) is 15.5. The molecular weight excluding hydrogens is 392 g/mol. The van der Waals surface area contributed by atoms with Gasteiger partial charge in [-0.25, -0.2) is 0 Å². The van der Waals surface area contributed by atoms with E-state index in [1.807, 2.05) is 60.7 Å². The summed E-state index contributed by atoms with van der Waals surface area (Å²) >= 11 is 0. The Balaban J connectivity index is 1.40. The molecule has 1 atom stereocenters. The number of likely N-dealkylation sites (tertiary alicyclic amines) is 1. The second-order valence-electron chi connectivity index (χ2n) is 7.63. The van der Waals surface area contributed by atoms with Gasteiger partial charge in [-0.2, -0.15) is 0 Å². The summed E-state index contributed by atoms with van der Waals surface area (Å²) < 4.78 is 5.37. The van der Waals surface area contributed by atoms with Crippen molar-refractivity contribution in [2.24, 2.45) is 5.92 Å². The van der Waals surface area contributed by atoms with Crippen molar-refractivity contribution in [2.75, 3.05) is 13.1 Å². The Kier molecular flexibility index (Phi) is 7.98. The highest BCUT2D eigenvalue weighted by Gasteiger charge is 2.29. The van der Waals surface area contributed by atoms with Gasteiger partial charge in [0, 0.05) is 25.7 Å². The Bertz CT molecular complexity index is 904. The van der Waals surface area contributed by atoms with Crippen molar-refractivity contribution in [3.63, 3.8) is 0 Å². The predicted octanol–water partition coefficient (Wildman–Crippen LogP) is 3.19. The van der Waals surface area contributed by atoms with Gasteiger partial charge in [0.1, 0.15) is 0 Å². The Hall–Kier alpha value is -3.41. The number of carbonyl (C=O) groups excluding carboxylic acids is 3. The molecule has 6 heteroatoms. The maximum absolute atomic E-state index is 12.5. The van der Waals surface area contributed by atoms with Crippen LogP contribution in [-0.4, -0.2) is 41.9 Å². The molecule has 6 nitrogen and oxygen atoms in total. The second kappa shape index (κ2) is 11.1. The van der Waals surface area contributed by atoms with Gasteiger partial charge < -0.3 is 15.0 Å². The largest absolute Gasteiger partial charge is 0.452 e. The molecule has 162 valence electrons. The fourth-order valence-corrected chi connectivity index (χ4v) is 3.43. The van der Waals surface area contributed by atoms with E-state index >= 15 is 0 Å². The number of benzene rings is 2. The summed E-state index contributed by atoms with van der Waals surface area (Å²) in [7, 11) is 0. The molecule has 2 aromatic carbocycles. The lowest BCUT2D eigenvalue weighted by Gasteiger charge is -2.30. The van der Waals surface area contributed by atoms with Crippen molar-refractivity contribution in [3.8, 4) is 0 Å². The van der Waals surface area contributed by atoms with Gasteiger partial charge in [-0.1, -0.05) is 60.7 Å². The Morgan fingerprint density at radius 1 is 1.03 bits per heavy atom. The van der Waals surface area contributed by atoms with E-state index in [0.717, 1.165) is 11.1 Å². The van der Waals surface area contributed by atoms with Crippen LogP contribution < -0.4 is 5.32 Å². The van der Waals surface area contributed by atoms with Crippen molar-refractivity contribution in [1.29, 1.82) is 0 Å². The van der Waals surface area contributed by atoms with Crippen LogP contribution in [0.1, 0.15) is 30.9 Å². The first kappa shape index (κ1) is 22.3. The number of ether oxygens (including phenoxy) is 1. The molecule has 1 aliphatic rings. The van der Waals surface area contributed by atoms with Crippen LogP contribution in [0.25, 0.3) is 6.08 Å². The minimum Gasteiger partial charge on any atom is -0.452 e. The fraction of sp³-hybridized carbons (Fsp3) is 0.320. The van der Waals surface area contributed by atoms with Crippen molar-refractivity contribution in [1.82, 2.24) is 10.2 Å². The highest BCUT2D eigenvalue weighted by Crippen LogP contribution is 2.20. The molecule has 1 aliphatic heterocycles. The van der Waals surface area contributed by atoms with E-state index in [9.17, 15) is 14.4 Å². The zero-order valence-corrected chi connectivity index (χ0v) is 17.7. The molecule has 0 aromatic heterocycles. The van der Waals surface area contributed by atoms with Gasteiger partial charge in [-0.15, -0.1) is 0 Å². The van der Waals surface area contributed by atoms with Crippen molar-refractivity contribution in [2.45, 2.75) is 32.4 Å². The van der Waals surface area contributed by atoms with Crippen molar-refractivity contribution < 1.29 is 19.1 Å². The number of esters is 1. The number of hydrogen-bond acceptors (Lipinski definition) is 4. The van der Waals surface area contributed by atoms with E-state index in [4.69, 9.17) is 4.74 Å². The lowest BCUT2D eigenvalue weighted by atomic mass is 9.97. The summed E-state index contributed by atoms with van der Waals surface area (Å²) in [6, 6.07) is 19.2. The molecule has 1 N–H and O–H groups in total. The molecule has 0 aliphatic carbocycles. The summed E-state index contributed by atoms with van der Waals surface area (Å²) in [5, 5.41) is 2.78. The number of nitrogens with zero attached hydrogens (tertiary/aromatic N) is 1. The molecule has 0 spiro atoms. The standard InChI is InChI=1S/C25H28N2O4/c1-19(24(29)26-18-21-10-6-3-7-11-21)31-25(30)22-14-16-27(17-15-22)23(28)13-12-20-8-4-2-5-9-20/h2-13,19,22H,14-18H2,1H3,(H,26,29)/b13-12+. The lowest BCUT2D eigenvalue weighted by Crippen LogP contribution is -2.42. The number of rotatable bonds is 7. The first-order valence-electron chi connectivity index (χ1n) is 10.6. The van der Waals surface area contributed by atoms with E-state index < -0.39 is 6.10 Å². The van der Waals surface area contributed by atoms with E-state index in [1.165, 1.54) is 0 Å². The smallest absolute Gasteiger partial charge is 0.309 e. The summed E-state index contributed by atoms with van der Waals surface area (Å²) in [6.07, 6.45) is 3.56. The highest BCUT2D eigenvalue weighted by atomic mass is 16.5. The summed E-state index contributed by atoms with van der Waals surface area (Å²) in [6.45, 7) is 2.95. The molecule has 1 heterocycles. The average molecular weight is 421 g/mol. The molecule has 0 radical (unpaired) electrons. The lowest BCUT2D eigenvalue weighted by molar-refractivity contribution is -0.160. The predicted molar refractivity (Wildman–Crippen MR) is 119 cm³/mol. The van der Waals surface area contributed by atoms with Crippen molar-refractivity contribution in [3.05, 3.63) is 77.9 Å². The number of nitrogens with one attached hydrogen (secondary N) is 1. The molecule has 1 saturated heterocycles. The number of carbonyl (C=O) groups is 3. The summed E-state index contributed by atoms with van der Waals surface area (Å²) in [5.41, 5.74) is 1.95. The minimum atomic E-state index is -0.857. The number of amides is 2. The first-order chi connectivity index (χ1) is 15.0. The molecule has 2 aromatic rings. The first-order valence-corrected chi connectivity index (χ1v) is 10.6. The maximum atomic E-state index is 12.5. The Morgan fingerprint density at radius 3 is 2.29 bits per heavy atom. The van der Waals surface area contributed by atoms with Gasteiger partial charge in [0.05, 0.1) is 5.92 Å². The van der Waals surface area contributed by atoms with E-state index in [2.05, 4.69) is 5.32 Å². The second-order valence-corrected chi connectivity index (χ2v) is 7.63. The van der Waals surface area contributed by atoms with Gasteiger partial charge in [0.15, 0.2) is 6.10 Å². The third-order valence-electron chi connectivity index (χ3n) is 5.33. The van der Waals surface area contributed by atoms with Crippen LogP contribution in [0.5, 0.6) is 0 Å². The fourth-order valence-electron chi connectivity index (χ4n) is 3.43. The summed E-state index contributed by atoms with van der Waals surface area (Å²) in [5.74, 6) is -1.07. The minimum absolute atomic E-state index is 0.0654. The molecular formula is C25H28N2O4. The van der Waals surface area contributed by atoms with Gasteiger partial charge in [0.25, 0.3) is 5.91 Å². The van der Waals surface area contributed by atoms with E-state index in [0.29, 0.717) is 32.5 Å². The van der Waals surface area contributed by atoms with E-state index in [1.54, 1.807) is 24.0 Å². The highest BCUT2D eigenvalue weighted by molar-refractivity contribution is 5.92. The number of hydrogen-bond donors (Lipinski definition) is 1. The van der Waals surface area contributed by atoms with Crippen LogP contribution in [0.4, 0.5) is 0 Å². The van der Waals surface area contributed by atoms with Gasteiger partial charge in [-0.3, -0.25) is 14.4 Å². The van der Waals surface area contributed by atoms with Crippen LogP contribution in [-0.2, 0) is 25.7 Å². The Labute approximate surface area is 182 Å². The van der Waals surface area contributed by atoms with Crippen LogP contribution in [0.15, 0.2) is 66.7 Å². The van der Waals surface area contributed by atoms with E-state index in [-0.39, 0.29) is 23.7 Å². The van der Waals surface area contributed by atoms with Crippen LogP contribution in [0.2, 0.25) is 0 Å². The molecule has 1 fully saturated rings. The molecule has 31 heavy (non-hydrogen) atoms. The van der Waals surface area contributed by atoms with Crippen LogP contribution in [0.3, 0.4) is 0 Å².